The first kappa shape index (κ1) is 8.29. The zero-order chi connectivity index (χ0) is 8.55. The molecule has 0 spiro atoms. The lowest BCUT2D eigenvalue weighted by molar-refractivity contribution is 0.586. The Morgan fingerprint density at radius 1 is 1.50 bits per heavy atom. The summed E-state index contributed by atoms with van der Waals surface area (Å²) in [5.74, 6) is 0.753. The van der Waals surface area contributed by atoms with Gasteiger partial charge in [0, 0.05) is 0 Å². The summed E-state index contributed by atoms with van der Waals surface area (Å²) in [4.78, 5) is 5.00. The van der Waals surface area contributed by atoms with Gasteiger partial charge in [0.05, 0.1) is 11.1 Å². The van der Waals surface area contributed by atoms with Gasteiger partial charge in [-0.1, -0.05) is 0 Å². The van der Waals surface area contributed by atoms with Gasteiger partial charge < -0.3 is 4.42 Å². The van der Waals surface area contributed by atoms with Gasteiger partial charge in [0.2, 0.25) is 0 Å². The van der Waals surface area contributed by atoms with Crippen LogP contribution in [0.3, 0.4) is 0 Å². The molecule has 12 heavy (non-hydrogen) atoms. The SMILES string of the molecule is Clc1ccc(-c2cnc(Br)s2)o1. The molecule has 0 aliphatic carbocycles. The van der Waals surface area contributed by atoms with E-state index in [1.165, 1.54) is 11.3 Å². The molecule has 0 radical (unpaired) electrons. The van der Waals surface area contributed by atoms with E-state index in [4.69, 9.17) is 16.0 Å². The molecule has 0 atom stereocenters. The standard InChI is InChI=1S/C7H3BrClNOS/c8-7-10-3-5(12-7)4-1-2-6(9)11-4/h1-3H. The Morgan fingerprint density at radius 2 is 2.33 bits per heavy atom. The van der Waals surface area contributed by atoms with Crippen molar-refractivity contribution in [3.05, 3.63) is 27.5 Å². The van der Waals surface area contributed by atoms with Crippen molar-refractivity contribution in [3.8, 4) is 10.6 Å². The van der Waals surface area contributed by atoms with E-state index in [0.29, 0.717) is 5.22 Å². The minimum atomic E-state index is 0.398. The zero-order valence-electron chi connectivity index (χ0n) is 5.75. The topological polar surface area (TPSA) is 26.0 Å². The number of halogens is 2. The number of aromatic nitrogens is 1. The van der Waals surface area contributed by atoms with Gasteiger partial charge in [0.15, 0.2) is 9.14 Å². The molecule has 0 saturated carbocycles. The molecule has 0 saturated heterocycles. The van der Waals surface area contributed by atoms with Crippen LogP contribution in [0.5, 0.6) is 0 Å². The van der Waals surface area contributed by atoms with Crippen LogP contribution >= 0.6 is 38.9 Å². The van der Waals surface area contributed by atoms with Crippen LogP contribution < -0.4 is 0 Å². The van der Waals surface area contributed by atoms with Crippen molar-refractivity contribution >= 4 is 38.9 Å². The van der Waals surface area contributed by atoms with Crippen molar-refractivity contribution in [1.82, 2.24) is 4.98 Å². The largest absolute Gasteiger partial charge is 0.444 e. The second kappa shape index (κ2) is 3.20. The van der Waals surface area contributed by atoms with E-state index in [1.807, 2.05) is 6.07 Å². The Bertz CT molecular complexity index is 359. The Kier molecular flexibility index (Phi) is 2.21. The molecular weight excluding hydrogens is 262 g/mol. The van der Waals surface area contributed by atoms with Crippen LogP contribution in [-0.4, -0.2) is 4.98 Å². The van der Waals surface area contributed by atoms with Crippen LogP contribution in [0, 0.1) is 0 Å². The molecule has 0 aromatic carbocycles. The van der Waals surface area contributed by atoms with E-state index in [9.17, 15) is 0 Å². The molecule has 0 unspecified atom stereocenters. The van der Waals surface area contributed by atoms with Crippen LogP contribution in [0.2, 0.25) is 5.22 Å². The summed E-state index contributed by atoms with van der Waals surface area (Å²) in [6, 6.07) is 3.53. The molecule has 2 aromatic rings. The third kappa shape index (κ3) is 1.55. The summed E-state index contributed by atoms with van der Waals surface area (Å²) in [7, 11) is 0. The molecule has 2 aromatic heterocycles. The second-order valence-corrected chi connectivity index (χ2v) is 4.76. The molecule has 0 aliphatic rings. The predicted octanol–water partition coefficient (Wildman–Crippen LogP) is 3.82. The predicted molar refractivity (Wildman–Crippen MR) is 52.5 cm³/mol. The number of thiazole rings is 1. The summed E-state index contributed by atoms with van der Waals surface area (Å²) in [5.41, 5.74) is 0. The fourth-order valence-corrected chi connectivity index (χ4v) is 2.19. The third-order valence-corrected chi connectivity index (χ3v) is 2.99. The van der Waals surface area contributed by atoms with Gasteiger partial charge in [-0.3, -0.25) is 0 Å². The van der Waals surface area contributed by atoms with Crippen molar-refractivity contribution in [2.45, 2.75) is 0 Å². The van der Waals surface area contributed by atoms with Crippen LogP contribution in [0.1, 0.15) is 0 Å². The van der Waals surface area contributed by atoms with Gasteiger partial charge in [0.25, 0.3) is 0 Å². The van der Waals surface area contributed by atoms with Gasteiger partial charge in [-0.15, -0.1) is 11.3 Å². The molecule has 0 aliphatic heterocycles. The van der Waals surface area contributed by atoms with Gasteiger partial charge >= 0.3 is 0 Å². The zero-order valence-corrected chi connectivity index (χ0v) is 8.91. The Balaban J connectivity index is 2.43. The van der Waals surface area contributed by atoms with E-state index >= 15 is 0 Å². The fourth-order valence-electron chi connectivity index (χ4n) is 0.813. The monoisotopic (exact) mass is 263 g/mol. The molecule has 2 nitrogen and oxygen atoms in total. The summed E-state index contributed by atoms with van der Waals surface area (Å²) < 4.78 is 6.04. The first-order chi connectivity index (χ1) is 5.75. The molecule has 0 fully saturated rings. The lowest BCUT2D eigenvalue weighted by Crippen LogP contribution is -1.60. The number of furan rings is 1. The van der Waals surface area contributed by atoms with Crippen molar-refractivity contribution in [3.63, 3.8) is 0 Å². The van der Waals surface area contributed by atoms with Gasteiger partial charge in [0.1, 0.15) is 5.76 Å². The molecule has 2 heterocycles. The average Bonchev–Trinajstić information content (AvgIpc) is 2.58. The molecular formula is C7H3BrClNOS. The lowest BCUT2D eigenvalue weighted by Gasteiger charge is -1.85. The highest BCUT2D eigenvalue weighted by Crippen LogP contribution is 2.31. The minimum Gasteiger partial charge on any atom is -0.444 e. The average molecular weight is 265 g/mol. The van der Waals surface area contributed by atoms with Crippen LogP contribution in [0.15, 0.2) is 26.7 Å². The molecule has 62 valence electrons. The number of hydrogen-bond donors (Lipinski definition) is 0. The normalized spacial score (nSPS) is 10.5. The van der Waals surface area contributed by atoms with E-state index in [1.54, 1.807) is 12.3 Å². The number of nitrogens with zero attached hydrogens (tertiary/aromatic N) is 1. The highest BCUT2D eigenvalue weighted by Gasteiger charge is 2.06. The van der Waals surface area contributed by atoms with E-state index in [0.717, 1.165) is 14.6 Å². The van der Waals surface area contributed by atoms with Crippen LogP contribution in [0.25, 0.3) is 10.6 Å². The second-order valence-electron chi connectivity index (χ2n) is 2.08. The fraction of sp³-hybridized carbons (Fsp3) is 0. The van der Waals surface area contributed by atoms with Crippen LogP contribution in [0.4, 0.5) is 0 Å². The Morgan fingerprint density at radius 3 is 2.83 bits per heavy atom. The van der Waals surface area contributed by atoms with E-state index in [-0.39, 0.29) is 0 Å². The summed E-state index contributed by atoms with van der Waals surface area (Å²) in [5, 5.41) is 0.398. The summed E-state index contributed by atoms with van der Waals surface area (Å²) in [6.07, 6.45) is 1.74. The van der Waals surface area contributed by atoms with Gasteiger partial charge in [-0.05, 0) is 39.7 Å². The van der Waals surface area contributed by atoms with Crippen molar-refractivity contribution < 1.29 is 4.42 Å². The molecule has 0 bridgehead atoms. The number of rotatable bonds is 1. The number of hydrogen-bond acceptors (Lipinski definition) is 3. The van der Waals surface area contributed by atoms with Gasteiger partial charge in [-0.2, -0.15) is 0 Å². The summed E-state index contributed by atoms with van der Waals surface area (Å²) in [6.45, 7) is 0. The summed E-state index contributed by atoms with van der Waals surface area (Å²) >= 11 is 10.4. The van der Waals surface area contributed by atoms with Crippen LogP contribution in [-0.2, 0) is 0 Å². The molecule has 0 amide bonds. The van der Waals surface area contributed by atoms with Crippen molar-refractivity contribution in [1.29, 1.82) is 0 Å². The smallest absolute Gasteiger partial charge is 0.193 e. The quantitative estimate of drug-likeness (QED) is 0.782. The first-order valence-corrected chi connectivity index (χ1v) is 5.11. The van der Waals surface area contributed by atoms with Crippen molar-refractivity contribution in [2.75, 3.05) is 0 Å². The van der Waals surface area contributed by atoms with Gasteiger partial charge in [-0.25, -0.2) is 4.98 Å². The minimum absolute atomic E-state index is 0.398. The van der Waals surface area contributed by atoms with Crippen molar-refractivity contribution in [2.24, 2.45) is 0 Å². The third-order valence-electron chi connectivity index (χ3n) is 1.29. The highest BCUT2D eigenvalue weighted by atomic mass is 79.9. The highest BCUT2D eigenvalue weighted by molar-refractivity contribution is 9.11. The van der Waals surface area contributed by atoms with E-state index in [2.05, 4.69) is 20.9 Å². The van der Waals surface area contributed by atoms with E-state index < -0.39 is 0 Å². The Labute approximate surface area is 86.3 Å². The maximum absolute atomic E-state index is 5.62. The maximum atomic E-state index is 5.62. The lowest BCUT2D eigenvalue weighted by atomic mass is 10.4. The molecule has 2 rings (SSSR count). The first-order valence-electron chi connectivity index (χ1n) is 3.13. The Hall–Kier alpha value is -0.320. The molecule has 0 N–H and O–H groups in total. The molecule has 5 heteroatoms. The maximum Gasteiger partial charge on any atom is 0.193 e.